The molecular weight excluding hydrogens is 316 g/mol. The molecule has 1 amide bonds. The Hall–Kier alpha value is -2.89. The second-order valence-electron chi connectivity index (χ2n) is 5.95. The number of carbonyl (C=O) groups excluding carboxylic acids is 1. The third-order valence-electron chi connectivity index (χ3n) is 4.22. The van der Waals surface area contributed by atoms with Crippen LogP contribution in [-0.2, 0) is 24.3 Å². The number of nitrogens with one attached hydrogen (secondary N) is 1. The molecule has 0 aliphatic carbocycles. The van der Waals surface area contributed by atoms with Crippen LogP contribution in [0.1, 0.15) is 29.6 Å². The van der Waals surface area contributed by atoms with Gasteiger partial charge in [-0.15, -0.1) is 0 Å². The molecule has 0 aliphatic heterocycles. The minimum atomic E-state index is -0.0995. The first-order chi connectivity index (χ1) is 12.1. The molecule has 2 heterocycles. The summed E-state index contributed by atoms with van der Waals surface area (Å²) in [5, 5.41) is 7.31. The highest BCUT2D eigenvalue weighted by Crippen LogP contribution is 2.18. The summed E-state index contributed by atoms with van der Waals surface area (Å²) in [5.74, 6) is 0.452. The Kier molecular flexibility index (Phi) is 4.97. The molecule has 3 rings (SSSR count). The van der Waals surface area contributed by atoms with Crippen molar-refractivity contribution in [2.24, 2.45) is 0 Å². The number of rotatable bonds is 6. The minimum absolute atomic E-state index is 0.0995. The van der Waals surface area contributed by atoms with Gasteiger partial charge in [0.2, 0.25) is 11.8 Å². The van der Waals surface area contributed by atoms with Crippen LogP contribution in [0.15, 0.2) is 41.0 Å². The molecule has 0 atom stereocenters. The third kappa shape index (κ3) is 3.79. The molecule has 2 aromatic heterocycles. The van der Waals surface area contributed by atoms with Crippen LogP contribution in [0.3, 0.4) is 0 Å². The highest BCUT2D eigenvalue weighted by atomic mass is 16.3. The lowest BCUT2D eigenvalue weighted by Gasteiger charge is -2.05. The lowest BCUT2D eigenvalue weighted by Crippen LogP contribution is -2.28. The molecule has 0 spiro atoms. The van der Waals surface area contributed by atoms with Crippen LogP contribution in [0.25, 0.3) is 11.5 Å². The molecule has 0 fully saturated rings. The summed E-state index contributed by atoms with van der Waals surface area (Å²) >= 11 is 0. The van der Waals surface area contributed by atoms with Crippen molar-refractivity contribution in [3.8, 4) is 11.5 Å². The molecule has 6 heteroatoms. The maximum Gasteiger partial charge on any atom is 0.242 e. The Bertz CT molecular complexity index is 865. The van der Waals surface area contributed by atoms with Crippen molar-refractivity contribution >= 4 is 5.91 Å². The highest BCUT2D eigenvalue weighted by molar-refractivity contribution is 5.75. The zero-order valence-electron chi connectivity index (χ0n) is 14.7. The van der Waals surface area contributed by atoms with Gasteiger partial charge >= 0.3 is 0 Å². The van der Waals surface area contributed by atoms with Gasteiger partial charge in [0.25, 0.3) is 0 Å². The maximum atomic E-state index is 12.2. The van der Waals surface area contributed by atoms with Gasteiger partial charge < -0.3 is 9.73 Å². The van der Waals surface area contributed by atoms with Crippen LogP contribution < -0.4 is 5.32 Å². The first-order valence-corrected chi connectivity index (χ1v) is 8.38. The Morgan fingerprint density at radius 3 is 2.68 bits per heavy atom. The number of aryl methyl sites for hydroxylation is 1. The van der Waals surface area contributed by atoms with Gasteiger partial charge in [-0.2, -0.15) is 5.10 Å². The Morgan fingerprint density at radius 2 is 2.00 bits per heavy atom. The van der Waals surface area contributed by atoms with Crippen LogP contribution in [0.4, 0.5) is 0 Å². The van der Waals surface area contributed by atoms with Gasteiger partial charge in [-0.05, 0) is 38.0 Å². The van der Waals surface area contributed by atoms with Gasteiger partial charge in [0, 0.05) is 11.3 Å². The standard InChI is InChI=1S/C19H22N4O2/c1-4-17-13(2)22-23(14(17)3)11-18(24)20-10-16-12-25-19(21-16)15-8-6-5-7-9-15/h5-9,12H,4,10-11H2,1-3H3,(H,20,24). The summed E-state index contributed by atoms with van der Waals surface area (Å²) < 4.78 is 7.23. The molecule has 0 saturated heterocycles. The van der Waals surface area contributed by atoms with Gasteiger partial charge in [0.1, 0.15) is 12.8 Å². The van der Waals surface area contributed by atoms with Crippen LogP contribution in [0.2, 0.25) is 0 Å². The number of aromatic nitrogens is 3. The zero-order chi connectivity index (χ0) is 17.8. The predicted molar refractivity (Wildman–Crippen MR) is 94.9 cm³/mol. The van der Waals surface area contributed by atoms with Crippen LogP contribution in [0, 0.1) is 13.8 Å². The van der Waals surface area contributed by atoms with E-state index in [9.17, 15) is 4.79 Å². The van der Waals surface area contributed by atoms with E-state index in [1.54, 1.807) is 10.9 Å². The molecule has 130 valence electrons. The van der Waals surface area contributed by atoms with E-state index in [4.69, 9.17) is 4.42 Å². The van der Waals surface area contributed by atoms with Crippen molar-refractivity contribution in [1.82, 2.24) is 20.1 Å². The first kappa shape index (κ1) is 17.0. The Labute approximate surface area is 146 Å². The van der Waals surface area contributed by atoms with Crippen molar-refractivity contribution in [3.63, 3.8) is 0 Å². The fourth-order valence-electron chi connectivity index (χ4n) is 2.88. The van der Waals surface area contributed by atoms with E-state index in [2.05, 4.69) is 22.3 Å². The molecule has 0 aliphatic rings. The maximum absolute atomic E-state index is 12.2. The minimum Gasteiger partial charge on any atom is -0.444 e. The Morgan fingerprint density at radius 1 is 1.24 bits per heavy atom. The van der Waals surface area contributed by atoms with E-state index >= 15 is 0 Å². The number of oxazole rings is 1. The summed E-state index contributed by atoms with van der Waals surface area (Å²) in [7, 11) is 0. The molecule has 6 nitrogen and oxygen atoms in total. The van der Waals surface area contributed by atoms with Gasteiger partial charge in [-0.25, -0.2) is 4.98 Å². The molecule has 0 saturated carbocycles. The van der Waals surface area contributed by atoms with E-state index in [0.717, 1.165) is 23.4 Å². The van der Waals surface area contributed by atoms with Gasteiger partial charge in [-0.1, -0.05) is 25.1 Å². The molecule has 3 aromatic rings. The summed E-state index contributed by atoms with van der Waals surface area (Å²) in [4.78, 5) is 16.6. The average Bonchev–Trinajstić information content (AvgIpc) is 3.19. The van der Waals surface area contributed by atoms with Gasteiger partial charge in [0.05, 0.1) is 17.9 Å². The van der Waals surface area contributed by atoms with Crippen molar-refractivity contribution < 1.29 is 9.21 Å². The second-order valence-corrected chi connectivity index (χ2v) is 5.95. The third-order valence-corrected chi connectivity index (χ3v) is 4.22. The lowest BCUT2D eigenvalue weighted by molar-refractivity contribution is -0.122. The van der Waals surface area contributed by atoms with Crippen molar-refractivity contribution in [2.75, 3.05) is 0 Å². The van der Waals surface area contributed by atoms with E-state index < -0.39 is 0 Å². The van der Waals surface area contributed by atoms with Crippen LogP contribution in [-0.4, -0.2) is 20.7 Å². The monoisotopic (exact) mass is 338 g/mol. The van der Waals surface area contributed by atoms with Crippen LogP contribution in [0.5, 0.6) is 0 Å². The lowest BCUT2D eigenvalue weighted by atomic mass is 10.1. The van der Waals surface area contributed by atoms with Crippen molar-refractivity contribution in [2.45, 2.75) is 40.3 Å². The summed E-state index contributed by atoms with van der Waals surface area (Å²) in [6.07, 6.45) is 2.49. The second kappa shape index (κ2) is 7.34. The predicted octanol–water partition coefficient (Wildman–Crippen LogP) is 3.03. The molecule has 1 aromatic carbocycles. The number of benzene rings is 1. The zero-order valence-corrected chi connectivity index (χ0v) is 14.7. The molecule has 1 N–H and O–H groups in total. The summed E-state index contributed by atoms with van der Waals surface area (Å²) in [6.45, 7) is 6.60. The summed E-state index contributed by atoms with van der Waals surface area (Å²) in [6, 6.07) is 9.67. The molecule has 0 unspecified atom stereocenters. The number of hydrogen-bond acceptors (Lipinski definition) is 4. The topological polar surface area (TPSA) is 73.0 Å². The van der Waals surface area contributed by atoms with Crippen molar-refractivity contribution in [1.29, 1.82) is 0 Å². The van der Waals surface area contributed by atoms with E-state index in [0.29, 0.717) is 18.1 Å². The largest absolute Gasteiger partial charge is 0.444 e. The van der Waals surface area contributed by atoms with Crippen molar-refractivity contribution in [3.05, 3.63) is 59.2 Å². The highest BCUT2D eigenvalue weighted by Gasteiger charge is 2.13. The smallest absolute Gasteiger partial charge is 0.242 e. The SMILES string of the molecule is CCc1c(C)nn(CC(=O)NCc2coc(-c3ccccc3)n2)c1C. The quantitative estimate of drug-likeness (QED) is 0.750. The normalized spacial score (nSPS) is 10.8. The van der Waals surface area contributed by atoms with E-state index in [1.807, 2.05) is 44.2 Å². The number of hydrogen-bond donors (Lipinski definition) is 1. The van der Waals surface area contributed by atoms with Gasteiger partial charge in [0.15, 0.2) is 0 Å². The van der Waals surface area contributed by atoms with E-state index in [-0.39, 0.29) is 12.5 Å². The average molecular weight is 338 g/mol. The first-order valence-electron chi connectivity index (χ1n) is 8.38. The fraction of sp³-hybridized carbons (Fsp3) is 0.316. The molecular formula is C19H22N4O2. The summed E-state index contributed by atoms with van der Waals surface area (Å²) in [5.41, 5.74) is 4.83. The fourth-order valence-corrected chi connectivity index (χ4v) is 2.88. The number of amides is 1. The molecule has 0 radical (unpaired) electrons. The van der Waals surface area contributed by atoms with E-state index in [1.165, 1.54) is 5.56 Å². The van der Waals surface area contributed by atoms with Crippen LogP contribution >= 0.6 is 0 Å². The molecule has 25 heavy (non-hydrogen) atoms. The van der Waals surface area contributed by atoms with Gasteiger partial charge in [-0.3, -0.25) is 9.48 Å². The number of nitrogens with zero attached hydrogens (tertiary/aromatic N) is 3. The number of carbonyl (C=O) groups is 1. The molecule has 0 bridgehead atoms. The Balaban J connectivity index is 1.59.